The van der Waals surface area contributed by atoms with Gasteiger partial charge in [-0.1, -0.05) is 0 Å². The highest BCUT2D eigenvalue weighted by Gasteiger charge is 2.45. The average molecular weight is 467 g/mol. The number of carbonyl (C=O) groups is 1. The van der Waals surface area contributed by atoms with E-state index in [9.17, 15) is 18.0 Å². The Balaban J connectivity index is 1.64. The monoisotopic (exact) mass is 467 g/mol. The Kier molecular flexibility index (Phi) is 6.08. The summed E-state index contributed by atoms with van der Waals surface area (Å²) in [5.41, 5.74) is 0.484. The van der Waals surface area contributed by atoms with Crippen LogP contribution in [0.2, 0.25) is 0 Å². The van der Waals surface area contributed by atoms with Crippen molar-refractivity contribution in [1.82, 2.24) is 0 Å². The number of benzene rings is 3. The number of nitrogens with one attached hydrogen (secondary N) is 2. The van der Waals surface area contributed by atoms with E-state index in [1.54, 1.807) is 37.3 Å². The van der Waals surface area contributed by atoms with Crippen LogP contribution in [0.3, 0.4) is 0 Å². The summed E-state index contributed by atoms with van der Waals surface area (Å²) in [5.74, 6) is -1.19. The highest BCUT2D eigenvalue weighted by Crippen LogP contribution is 2.44. The summed E-state index contributed by atoms with van der Waals surface area (Å²) in [6, 6.07) is 14.2. The molecule has 1 aliphatic heterocycles. The first-order valence-corrected chi connectivity index (χ1v) is 10.7. The molecule has 0 saturated carbocycles. The predicted octanol–water partition coefficient (Wildman–Crippen LogP) is 6.31. The maximum Gasteiger partial charge on any atom is 0.264 e. The Morgan fingerprint density at radius 1 is 1.06 bits per heavy atom. The van der Waals surface area contributed by atoms with Crippen molar-refractivity contribution >= 4 is 29.2 Å². The van der Waals surface area contributed by atoms with E-state index in [-0.39, 0.29) is 5.82 Å². The maximum atomic E-state index is 14.5. The van der Waals surface area contributed by atoms with E-state index in [1.807, 2.05) is 0 Å². The zero-order valence-electron chi connectivity index (χ0n) is 18.9. The SMILES string of the molecule is C[C@H]1[C@H](Oc2ccc(Nc3ccc(F)cc3)c(C=N)c2)c2cc(F)ccc2N1C(=O)C(C)(C)F. The number of carbonyl (C=O) groups excluding carboxylic acids is 1. The third kappa shape index (κ3) is 4.48. The second kappa shape index (κ2) is 8.85. The van der Waals surface area contributed by atoms with Gasteiger partial charge in [-0.05, 0) is 81.4 Å². The lowest BCUT2D eigenvalue weighted by molar-refractivity contribution is -0.128. The van der Waals surface area contributed by atoms with Crippen LogP contribution in [0.4, 0.5) is 30.2 Å². The number of rotatable bonds is 6. The fraction of sp³-hybridized carbons (Fsp3) is 0.231. The number of alkyl halides is 1. The van der Waals surface area contributed by atoms with Crippen LogP contribution >= 0.6 is 0 Å². The van der Waals surface area contributed by atoms with Gasteiger partial charge in [-0.25, -0.2) is 13.2 Å². The predicted molar refractivity (Wildman–Crippen MR) is 126 cm³/mol. The van der Waals surface area contributed by atoms with E-state index in [0.29, 0.717) is 33.9 Å². The molecule has 0 saturated heterocycles. The standard InChI is InChI=1S/C26H24F3N3O2/c1-15-24(21-13-18(28)6-11-23(21)32(15)25(33)26(2,3)29)34-20-9-10-22(16(12-20)14-30)31-19-7-4-17(27)5-8-19/h4-15,24,30-31H,1-3H3/t15-,24-/m0/s1. The number of amides is 1. The highest BCUT2D eigenvalue weighted by atomic mass is 19.1. The van der Waals surface area contributed by atoms with Crippen LogP contribution in [0.5, 0.6) is 5.75 Å². The highest BCUT2D eigenvalue weighted by molar-refractivity contribution is 6.01. The molecule has 0 fully saturated rings. The van der Waals surface area contributed by atoms with Gasteiger partial charge in [-0.15, -0.1) is 0 Å². The third-order valence-corrected chi connectivity index (χ3v) is 5.69. The van der Waals surface area contributed by atoms with E-state index in [1.165, 1.54) is 49.1 Å². The molecule has 4 rings (SSSR count). The number of hydrogen-bond donors (Lipinski definition) is 2. The van der Waals surface area contributed by atoms with Gasteiger partial charge in [0.15, 0.2) is 5.67 Å². The molecule has 8 heteroatoms. The number of halogens is 3. The molecule has 0 aliphatic carbocycles. The van der Waals surface area contributed by atoms with Gasteiger partial charge in [0.2, 0.25) is 0 Å². The van der Waals surface area contributed by atoms with Gasteiger partial charge in [0, 0.05) is 28.7 Å². The van der Waals surface area contributed by atoms with E-state index >= 15 is 0 Å². The van der Waals surface area contributed by atoms with Crippen molar-refractivity contribution in [3.8, 4) is 5.75 Å². The van der Waals surface area contributed by atoms with Crippen molar-refractivity contribution in [1.29, 1.82) is 5.41 Å². The topological polar surface area (TPSA) is 65.4 Å². The van der Waals surface area contributed by atoms with Crippen molar-refractivity contribution in [2.45, 2.75) is 38.6 Å². The zero-order chi connectivity index (χ0) is 24.6. The molecule has 3 aromatic rings. The van der Waals surface area contributed by atoms with E-state index in [0.717, 1.165) is 6.21 Å². The average Bonchev–Trinajstić information content (AvgIpc) is 3.05. The summed E-state index contributed by atoms with van der Waals surface area (Å²) in [6.07, 6.45) is 0.401. The number of fused-ring (bicyclic) bond motifs is 1. The molecule has 1 amide bonds. The Hall–Kier alpha value is -3.81. The molecule has 0 unspecified atom stereocenters. The molecule has 5 nitrogen and oxygen atoms in total. The Bertz CT molecular complexity index is 1240. The Morgan fingerprint density at radius 2 is 1.74 bits per heavy atom. The first kappa shape index (κ1) is 23.4. The summed E-state index contributed by atoms with van der Waals surface area (Å²) in [5, 5.41) is 10.9. The van der Waals surface area contributed by atoms with Crippen molar-refractivity contribution < 1.29 is 22.7 Å². The van der Waals surface area contributed by atoms with Crippen LogP contribution in [0.25, 0.3) is 0 Å². The zero-order valence-corrected chi connectivity index (χ0v) is 18.9. The lowest BCUT2D eigenvalue weighted by Crippen LogP contribution is -2.46. The minimum atomic E-state index is -2.12. The quantitative estimate of drug-likeness (QED) is 0.418. The second-order valence-electron chi connectivity index (χ2n) is 8.66. The van der Waals surface area contributed by atoms with Gasteiger partial charge < -0.3 is 20.4 Å². The largest absolute Gasteiger partial charge is 0.483 e. The summed E-state index contributed by atoms with van der Waals surface area (Å²) >= 11 is 0. The number of hydrogen-bond acceptors (Lipinski definition) is 4. The molecule has 0 aromatic heterocycles. The molecular formula is C26H24F3N3O2. The molecule has 0 radical (unpaired) electrons. The van der Waals surface area contributed by atoms with Gasteiger partial charge >= 0.3 is 0 Å². The summed E-state index contributed by atoms with van der Waals surface area (Å²) < 4.78 is 47.9. The molecule has 34 heavy (non-hydrogen) atoms. The maximum absolute atomic E-state index is 14.5. The van der Waals surface area contributed by atoms with E-state index in [2.05, 4.69) is 5.32 Å². The lowest BCUT2D eigenvalue weighted by Gasteiger charge is -2.29. The van der Waals surface area contributed by atoms with Crippen LogP contribution in [0.1, 0.15) is 38.0 Å². The Morgan fingerprint density at radius 3 is 2.38 bits per heavy atom. The van der Waals surface area contributed by atoms with Gasteiger partial charge in [-0.2, -0.15) is 0 Å². The van der Waals surface area contributed by atoms with Crippen LogP contribution < -0.4 is 15.0 Å². The number of ether oxygens (including phenoxy) is 1. The van der Waals surface area contributed by atoms with Gasteiger partial charge in [0.05, 0.1) is 11.7 Å². The van der Waals surface area contributed by atoms with Crippen LogP contribution in [0.15, 0.2) is 60.7 Å². The smallest absolute Gasteiger partial charge is 0.264 e. The molecule has 2 atom stereocenters. The molecule has 176 valence electrons. The fourth-order valence-electron chi connectivity index (χ4n) is 4.01. The van der Waals surface area contributed by atoms with Crippen LogP contribution in [0, 0.1) is 17.0 Å². The molecule has 3 aromatic carbocycles. The van der Waals surface area contributed by atoms with Crippen molar-refractivity contribution in [3.63, 3.8) is 0 Å². The van der Waals surface area contributed by atoms with Gasteiger partial charge in [-0.3, -0.25) is 4.79 Å². The first-order chi connectivity index (χ1) is 16.1. The minimum Gasteiger partial charge on any atom is -0.483 e. The summed E-state index contributed by atoms with van der Waals surface area (Å²) in [7, 11) is 0. The fourth-order valence-corrected chi connectivity index (χ4v) is 4.01. The third-order valence-electron chi connectivity index (χ3n) is 5.69. The Labute approximate surface area is 195 Å². The molecule has 0 spiro atoms. The summed E-state index contributed by atoms with van der Waals surface area (Å²) in [4.78, 5) is 14.1. The van der Waals surface area contributed by atoms with Gasteiger partial charge in [0.25, 0.3) is 5.91 Å². The number of anilines is 3. The van der Waals surface area contributed by atoms with Crippen molar-refractivity contribution in [2.75, 3.05) is 10.2 Å². The molecule has 2 N–H and O–H groups in total. The minimum absolute atomic E-state index is 0.354. The normalized spacial score (nSPS) is 17.3. The lowest BCUT2D eigenvalue weighted by atomic mass is 10.1. The van der Waals surface area contributed by atoms with Gasteiger partial charge in [0.1, 0.15) is 23.5 Å². The molecule has 0 bridgehead atoms. The van der Waals surface area contributed by atoms with Crippen molar-refractivity contribution in [3.05, 3.63) is 83.4 Å². The summed E-state index contributed by atoms with van der Waals surface area (Å²) in [6.45, 7) is 4.08. The second-order valence-corrected chi connectivity index (χ2v) is 8.66. The van der Waals surface area contributed by atoms with Crippen LogP contribution in [-0.4, -0.2) is 23.8 Å². The van der Waals surface area contributed by atoms with Crippen LogP contribution in [-0.2, 0) is 4.79 Å². The molecular weight excluding hydrogens is 443 g/mol. The van der Waals surface area contributed by atoms with E-state index in [4.69, 9.17) is 10.1 Å². The van der Waals surface area contributed by atoms with Crippen molar-refractivity contribution in [2.24, 2.45) is 0 Å². The number of nitrogens with zero attached hydrogens (tertiary/aromatic N) is 1. The van der Waals surface area contributed by atoms with E-state index < -0.39 is 29.5 Å². The molecule has 1 heterocycles. The first-order valence-electron chi connectivity index (χ1n) is 10.7. The molecule has 1 aliphatic rings.